The molecule has 3 fully saturated rings. The van der Waals surface area contributed by atoms with Gasteiger partial charge in [-0.25, -0.2) is 0 Å². The summed E-state index contributed by atoms with van der Waals surface area (Å²) in [6, 6.07) is 4.40. The summed E-state index contributed by atoms with van der Waals surface area (Å²) in [5, 5.41) is 12.8. The molecule has 1 aliphatic heterocycles. The van der Waals surface area contributed by atoms with Gasteiger partial charge in [0.15, 0.2) is 0 Å². The van der Waals surface area contributed by atoms with Gasteiger partial charge >= 0.3 is 0 Å². The second kappa shape index (κ2) is 5.83. The summed E-state index contributed by atoms with van der Waals surface area (Å²) in [6.07, 6.45) is 5.38. The lowest BCUT2D eigenvalue weighted by molar-refractivity contribution is -0.140. The summed E-state index contributed by atoms with van der Waals surface area (Å²) in [4.78, 5) is 39.2. The molecule has 2 N–H and O–H groups in total. The predicted octanol–water partition coefficient (Wildman–Crippen LogP) is 2.43. The van der Waals surface area contributed by atoms with Gasteiger partial charge in [-0.15, -0.1) is 0 Å². The van der Waals surface area contributed by atoms with Crippen LogP contribution in [0, 0.1) is 35.5 Å². The highest BCUT2D eigenvalue weighted by atomic mass is 35.5. The summed E-state index contributed by atoms with van der Waals surface area (Å²) in [7, 11) is 0. The van der Waals surface area contributed by atoms with Crippen LogP contribution in [0.5, 0.6) is 5.75 Å². The number of nitrogens with one attached hydrogen (secondary N) is 1. The molecule has 2 saturated carbocycles. The van der Waals surface area contributed by atoms with E-state index in [1.54, 1.807) is 6.07 Å². The highest BCUT2D eigenvalue weighted by molar-refractivity contribution is 6.30. The number of hydrogen-bond donors (Lipinski definition) is 2. The molecule has 0 unspecified atom stereocenters. The number of likely N-dealkylation sites (tertiary alicyclic amines) is 1. The summed E-state index contributed by atoms with van der Waals surface area (Å²) in [5.41, 5.74) is 0.250. The molecular formula is C20H19ClN2O4. The molecule has 1 aromatic carbocycles. The van der Waals surface area contributed by atoms with Crippen LogP contribution in [0.25, 0.3) is 0 Å². The van der Waals surface area contributed by atoms with E-state index in [1.807, 2.05) is 0 Å². The molecule has 6 nitrogen and oxygen atoms in total. The van der Waals surface area contributed by atoms with Crippen LogP contribution in [0.3, 0.4) is 0 Å². The Kier molecular flexibility index (Phi) is 3.63. The Balaban J connectivity index is 1.25. The van der Waals surface area contributed by atoms with E-state index in [0.717, 1.165) is 6.42 Å². The molecule has 0 spiro atoms. The third kappa shape index (κ3) is 2.50. The zero-order valence-corrected chi connectivity index (χ0v) is 15.2. The number of nitrogens with zero attached hydrogens (tertiary/aromatic N) is 1. The van der Waals surface area contributed by atoms with Gasteiger partial charge in [0.1, 0.15) is 5.75 Å². The lowest BCUT2D eigenvalue weighted by Crippen LogP contribution is -2.40. The van der Waals surface area contributed by atoms with Crippen LogP contribution in [0.2, 0.25) is 5.02 Å². The van der Waals surface area contributed by atoms with Gasteiger partial charge in [-0.05, 0) is 42.2 Å². The van der Waals surface area contributed by atoms with Gasteiger partial charge in [0.2, 0.25) is 17.7 Å². The van der Waals surface area contributed by atoms with Gasteiger partial charge in [-0.2, -0.15) is 0 Å². The fourth-order valence-electron chi connectivity index (χ4n) is 5.28. The topological polar surface area (TPSA) is 86.7 Å². The van der Waals surface area contributed by atoms with Crippen LogP contribution < -0.4 is 5.32 Å². The van der Waals surface area contributed by atoms with Crippen molar-refractivity contribution in [2.24, 2.45) is 35.5 Å². The van der Waals surface area contributed by atoms with Crippen molar-refractivity contribution >= 4 is 35.0 Å². The number of benzene rings is 1. The molecule has 4 aliphatic carbocycles. The Morgan fingerprint density at radius 3 is 2.37 bits per heavy atom. The number of anilines is 1. The SMILES string of the molecule is O=C(CCN1C(=O)[C@@H]2[C@@H]3C=C[C@H]([C@@H]4C[C@H]34)[C@@H]2C1=O)Nc1ccc(Cl)cc1O. The molecular weight excluding hydrogens is 368 g/mol. The van der Waals surface area contributed by atoms with E-state index in [9.17, 15) is 19.5 Å². The zero-order chi connectivity index (χ0) is 18.9. The standard InChI is InChI=1S/C20H19ClN2O4/c21-9-1-4-14(15(24)7-9)22-16(25)5-6-23-19(26)17-10-2-3-11(13-8-12(10)13)18(17)20(23)27/h1-4,7,10-13,17-18,24H,5-6,8H2,(H,22,25)/t10-,11-,12-,13+,17-,18+/m1/s1. The number of phenolic OH excluding ortho intramolecular Hbond substituents is 1. The number of hydrogen-bond acceptors (Lipinski definition) is 4. The quantitative estimate of drug-likeness (QED) is 0.472. The average Bonchev–Trinajstić information content (AvgIpc) is 3.41. The Morgan fingerprint density at radius 1 is 1.15 bits per heavy atom. The lowest BCUT2D eigenvalue weighted by Gasteiger charge is -2.37. The number of phenols is 1. The monoisotopic (exact) mass is 386 g/mol. The Bertz CT molecular complexity index is 862. The summed E-state index contributed by atoms with van der Waals surface area (Å²) in [5.74, 6) is 0.276. The maximum Gasteiger partial charge on any atom is 0.233 e. The van der Waals surface area contributed by atoms with Crippen LogP contribution in [0.15, 0.2) is 30.4 Å². The van der Waals surface area contributed by atoms with E-state index in [2.05, 4.69) is 17.5 Å². The molecule has 1 aromatic rings. The second-order valence-electron chi connectivity index (χ2n) is 7.94. The summed E-state index contributed by atoms with van der Waals surface area (Å²) >= 11 is 5.78. The molecule has 5 aliphatic rings. The van der Waals surface area contributed by atoms with E-state index in [-0.39, 0.29) is 65.8 Å². The fraction of sp³-hybridized carbons (Fsp3) is 0.450. The van der Waals surface area contributed by atoms with Crippen molar-refractivity contribution in [2.45, 2.75) is 12.8 Å². The molecule has 0 radical (unpaired) electrons. The third-order valence-electron chi connectivity index (χ3n) is 6.55. The van der Waals surface area contributed by atoms with E-state index in [0.29, 0.717) is 16.9 Å². The number of carbonyl (C=O) groups excluding carboxylic acids is 3. The number of carbonyl (C=O) groups is 3. The minimum Gasteiger partial charge on any atom is -0.506 e. The zero-order valence-electron chi connectivity index (χ0n) is 14.5. The van der Waals surface area contributed by atoms with Crippen LogP contribution in [-0.2, 0) is 14.4 Å². The van der Waals surface area contributed by atoms with Gasteiger partial charge in [-0.3, -0.25) is 19.3 Å². The maximum atomic E-state index is 12.9. The Labute approximate surface area is 161 Å². The minimum atomic E-state index is -0.368. The highest BCUT2D eigenvalue weighted by Gasteiger charge is 2.66. The summed E-state index contributed by atoms with van der Waals surface area (Å²) in [6.45, 7) is 0.0691. The number of aromatic hydroxyl groups is 1. The second-order valence-corrected chi connectivity index (χ2v) is 8.38. The summed E-state index contributed by atoms with van der Waals surface area (Å²) < 4.78 is 0. The average molecular weight is 387 g/mol. The molecule has 1 saturated heterocycles. The number of amides is 3. The minimum absolute atomic E-state index is 0.00535. The van der Waals surface area contributed by atoms with Crippen LogP contribution in [0.4, 0.5) is 5.69 Å². The first-order valence-corrected chi connectivity index (χ1v) is 9.65. The van der Waals surface area contributed by atoms with Gasteiger partial charge in [0.25, 0.3) is 0 Å². The van der Waals surface area contributed by atoms with Crippen molar-refractivity contribution in [3.63, 3.8) is 0 Å². The Morgan fingerprint density at radius 2 is 1.78 bits per heavy atom. The van der Waals surface area contributed by atoms with Crippen LogP contribution >= 0.6 is 11.6 Å². The largest absolute Gasteiger partial charge is 0.506 e. The molecule has 140 valence electrons. The van der Waals surface area contributed by atoms with E-state index >= 15 is 0 Å². The van der Waals surface area contributed by atoms with E-state index in [4.69, 9.17) is 11.6 Å². The molecule has 1 heterocycles. The Hall–Kier alpha value is -2.34. The smallest absolute Gasteiger partial charge is 0.233 e. The lowest BCUT2D eigenvalue weighted by atomic mass is 9.63. The molecule has 6 atom stereocenters. The number of allylic oxidation sites excluding steroid dienone is 2. The normalized spacial score (nSPS) is 35.2. The molecule has 3 amide bonds. The fourth-order valence-corrected chi connectivity index (χ4v) is 5.44. The number of imide groups is 1. The first-order chi connectivity index (χ1) is 13.0. The van der Waals surface area contributed by atoms with Gasteiger partial charge in [-0.1, -0.05) is 23.8 Å². The van der Waals surface area contributed by atoms with E-state index in [1.165, 1.54) is 17.0 Å². The first-order valence-electron chi connectivity index (χ1n) is 9.27. The van der Waals surface area contributed by atoms with Crippen LogP contribution in [-0.4, -0.2) is 34.3 Å². The molecule has 27 heavy (non-hydrogen) atoms. The molecule has 6 rings (SSSR count). The highest BCUT2D eigenvalue weighted by Crippen LogP contribution is 2.65. The van der Waals surface area contributed by atoms with Crippen LogP contribution in [0.1, 0.15) is 12.8 Å². The molecule has 7 heteroatoms. The number of rotatable bonds is 4. The van der Waals surface area contributed by atoms with Crippen molar-refractivity contribution in [1.82, 2.24) is 4.90 Å². The maximum absolute atomic E-state index is 12.9. The van der Waals surface area contributed by atoms with Crippen molar-refractivity contribution < 1.29 is 19.5 Å². The van der Waals surface area contributed by atoms with Crippen molar-refractivity contribution in [3.8, 4) is 5.75 Å². The van der Waals surface area contributed by atoms with Crippen molar-refractivity contribution in [3.05, 3.63) is 35.4 Å². The van der Waals surface area contributed by atoms with Gasteiger partial charge < -0.3 is 10.4 Å². The molecule has 0 aromatic heterocycles. The third-order valence-corrected chi connectivity index (χ3v) is 6.79. The van der Waals surface area contributed by atoms with E-state index < -0.39 is 0 Å². The van der Waals surface area contributed by atoms with Crippen molar-refractivity contribution in [2.75, 3.05) is 11.9 Å². The first kappa shape index (κ1) is 16.8. The van der Waals surface area contributed by atoms with Crippen molar-refractivity contribution in [1.29, 1.82) is 0 Å². The number of halogens is 1. The van der Waals surface area contributed by atoms with Gasteiger partial charge in [0, 0.05) is 24.1 Å². The predicted molar refractivity (Wildman–Crippen MR) is 97.8 cm³/mol. The van der Waals surface area contributed by atoms with Gasteiger partial charge in [0.05, 0.1) is 17.5 Å². The molecule has 2 bridgehead atoms.